The zero-order valence-corrected chi connectivity index (χ0v) is 35.5. The number of fused-ring (bicyclic) bond motifs is 2. The van der Waals surface area contributed by atoms with E-state index in [-0.39, 0.29) is 35.7 Å². The smallest absolute Gasteiger partial charge is 0.407 e. The first-order valence-electron chi connectivity index (χ1n) is 21.6. The molecule has 60 heavy (non-hydrogen) atoms. The molecule has 2 aromatic heterocycles. The highest BCUT2D eigenvalue weighted by atomic mass is 16.5. The van der Waals surface area contributed by atoms with Crippen molar-refractivity contribution in [2.75, 3.05) is 27.3 Å². The number of aromatic nitrogens is 4. The Morgan fingerprint density at radius 1 is 0.617 bits per heavy atom. The number of hydrogen-bond donors (Lipinski definition) is 4. The second kappa shape index (κ2) is 17.1. The fraction of sp³-hybridized carbons (Fsp3) is 0.522. The van der Waals surface area contributed by atoms with Gasteiger partial charge in [-0.3, -0.25) is 9.59 Å². The van der Waals surface area contributed by atoms with E-state index in [0.717, 1.165) is 54.3 Å². The molecule has 2 saturated heterocycles. The molecule has 318 valence electrons. The van der Waals surface area contributed by atoms with Gasteiger partial charge < -0.3 is 39.9 Å². The number of alkyl carbamates (subject to hydrolysis) is 2. The lowest BCUT2D eigenvalue weighted by molar-refractivity contribution is -0.136. The van der Waals surface area contributed by atoms with Gasteiger partial charge in [-0.25, -0.2) is 19.6 Å². The van der Waals surface area contributed by atoms with Crippen LogP contribution >= 0.6 is 0 Å². The minimum Gasteiger partial charge on any atom is -0.453 e. The lowest BCUT2D eigenvalue weighted by Crippen LogP contribution is -2.51. The third kappa shape index (κ3) is 7.76. The lowest BCUT2D eigenvalue weighted by atomic mass is 9.64. The molecule has 5 aliphatic rings. The summed E-state index contributed by atoms with van der Waals surface area (Å²) in [7, 11) is 2.61. The van der Waals surface area contributed by atoms with Crippen molar-refractivity contribution in [1.82, 2.24) is 40.4 Å². The highest BCUT2D eigenvalue weighted by Gasteiger charge is 2.40. The number of nitrogens with one attached hydrogen (secondary N) is 4. The number of likely N-dealkylation sites (tertiary alicyclic amines) is 2. The van der Waals surface area contributed by atoms with Crippen LogP contribution in [0.4, 0.5) is 9.59 Å². The number of nitrogens with zero attached hydrogens (tertiary/aromatic N) is 4. The number of imidazole rings is 2. The van der Waals surface area contributed by atoms with Gasteiger partial charge in [0.2, 0.25) is 11.8 Å². The van der Waals surface area contributed by atoms with Crippen molar-refractivity contribution in [3.63, 3.8) is 0 Å². The third-order valence-electron chi connectivity index (χ3n) is 13.3. The molecule has 0 unspecified atom stereocenters. The van der Waals surface area contributed by atoms with E-state index in [1.807, 2.05) is 49.9 Å². The van der Waals surface area contributed by atoms with Gasteiger partial charge in [-0.05, 0) is 103 Å². The van der Waals surface area contributed by atoms with Crippen molar-refractivity contribution in [1.29, 1.82) is 0 Å². The summed E-state index contributed by atoms with van der Waals surface area (Å²) < 4.78 is 9.61. The van der Waals surface area contributed by atoms with E-state index in [2.05, 4.69) is 57.0 Å². The zero-order valence-electron chi connectivity index (χ0n) is 35.5. The Morgan fingerprint density at radius 3 is 1.53 bits per heavy atom. The van der Waals surface area contributed by atoms with Crippen LogP contribution in [0.2, 0.25) is 0 Å². The normalized spacial score (nSPS) is 21.9. The largest absolute Gasteiger partial charge is 0.453 e. The molecule has 2 aromatic carbocycles. The van der Waals surface area contributed by atoms with Gasteiger partial charge in [0.25, 0.3) is 0 Å². The maximum Gasteiger partial charge on any atom is 0.407 e. The molecule has 4 heterocycles. The van der Waals surface area contributed by atoms with Gasteiger partial charge >= 0.3 is 12.2 Å². The van der Waals surface area contributed by atoms with Gasteiger partial charge in [0.15, 0.2) is 0 Å². The molecule has 1 saturated carbocycles. The third-order valence-corrected chi connectivity index (χ3v) is 13.3. The van der Waals surface area contributed by atoms with Crippen LogP contribution in [0.1, 0.15) is 126 Å². The Kier molecular flexibility index (Phi) is 11.7. The summed E-state index contributed by atoms with van der Waals surface area (Å²) >= 11 is 0. The van der Waals surface area contributed by atoms with Gasteiger partial charge in [0.1, 0.15) is 23.7 Å². The van der Waals surface area contributed by atoms with E-state index < -0.39 is 24.3 Å². The van der Waals surface area contributed by atoms with Gasteiger partial charge in [-0.15, -0.1) is 0 Å². The Morgan fingerprint density at radius 2 is 1.05 bits per heavy atom. The average Bonchev–Trinajstić information content (AvgIpc) is 4.11. The van der Waals surface area contributed by atoms with E-state index in [0.29, 0.717) is 24.9 Å². The number of H-pyrrole nitrogens is 2. The highest BCUT2D eigenvalue weighted by molar-refractivity contribution is 5.87. The first kappa shape index (κ1) is 41.1. The minimum atomic E-state index is -0.686. The molecule has 0 spiro atoms. The summed E-state index contributed by atoms with van der Waals surface area (Å²) in [6.07, 6.45) is 10.6. The number of ether oxygens (including phenoxy) is 2. The molecule has 4 atom stereocenters. The fourth-order valence-electron chi connectivity index (χ4n) is 10.2. The second-order valence-corrected chi connectivity index (χ2v) is 17.6. The van der Waals surface area contributed by atoms with Crippen molar-refractivity contribution in [3.8, 4) is 33.6 Å². The van der Waals surface area contributed by atoms with E-state index in [4.69, 9.17) is 19.4 Å². The number of carbonyl (C=O) groups excluding carboxylic acids is 4. The second-order valence-electron chi connectivity index (χ2n) is 17.6. The number of hydrogen-bond acceptors (Lipinski definition) is 8. The van der Waals surface area contributed by atoms with E-state index in [1.165, 1.54) is 67.7 Å². The molecule has 14 nitrogen and oxygen atoms in total. The zero-order chi connectivity index (χ0) is 42.2. The highest BCUT2D eigenvalue weighted by Crippen LogP contribution is 2.55. The summed E-state index contributed by atoms with van der Waals surface area (Å²) in [5.74, 6) is 2.03. The van der Waals surface area contributed by atoms with Crippen molar-refractivity contribution >= 4 is 24.0 Å². The summed E-state index contributed by atoms with van der Waals surface area (Å²) in [5, 5.41) is 5.46. The summed E-state index contributed by atoms with van der Waals surface area (Å²) in [6.45, 7) is 8.88. The van der Waals surface area contributed by atoms with Crippen molar-refractivity contribution in [2.45, 2.75) is 115 Å². The molecule has 9 rings (SSSR count). The standard InChI is InChI=1S/C46H58N8O6/c1-25(2)39(51-45(57)59-5)43(55)53-21-7-9-35(53)41-47-23-33(49-41)28-13-11-27(12-14-28)31-19-20-32(38-30-17-15-29(16-18-30)37(31)38)34-24-48-42(50-34)36-10-8-22-54(36)44(56)40(26(3)4)52-46(58)60-6/h11-14,19-20,23-26,29-30,35-36,39-40H,7-10,15-18,21-22H2,1-6H3,(H,47,49)(H,48,50)(H,51,57)(H,52,58)/t29?,30?,35-,36-,39-,40+/m0/s1. The number of aromatic amines is 2. The number of amides is 4. The SMILES string of the molecule is COC(=O)N[C@H](C(=O)N1CCC[C@H]1c1ncc(-c2ccc(-c3ccc(-c4cnc([C@@H]5CCCN5C(=O)[C@H](NC(=O)OC)C(C)C)[nH]4)c4c3C3CCC4CC3)cc2)[nH]1)C(C)C. The summed E-state index contributed by atoms with van der Waals surface area (Å²) in [5.41, 5.74) is 9.37. The van der Waals surface area contributed by atoms with Crippen LogP contribution in [0.5, 0.6) is 0 Å². The molecule has 4 amide bonds. The topological polar surface area (TPSA) is 175 Å². The number of carbonyl (C=O) groups is 4. The van der Waals surface area contributed by atoms with Gasteiger partial charge in [-0.1, -0.05) is 64.1 Å². The van der Waals surface area contributed by atoms with E-state index in [9.17, 15) is 19.2 Å². The lowest BCUT2D eigenvalue weighted by Gasteiger charge is -2.41. The molecular weight excluding hydrogens is 761 g/mol. The van der Waals surface area contributed by atoms with Crippen LogP contribution in [0.25, 0.3) is 33.6 Å². The van der Waals surface area contributed by atoms with Gasteiger partial charge in [-0.2, -0.15) is 0 Å². The fourth-order valence-corrected chi connectivity index (χ4v) is 10.2. The van der Waals surface area contributed by atoms with Crippen LogP contribution in [0, 0.1) is 11.8 Å². The molecule has 14 heteroatoms. The molecule has 4 aromatic rings. The number of benzene rings is 2. The first-order valence-corrected chi connectivity index (χ1v) is 21.6. The molecule has 3 fully saturated rings. The first-order chi connectivity index (χ1) is 29.0. The number of rotatable bonds is 11. The minimum absolute atomic E-state index is 0.102. The van der Waals surface area contributed by atoms with Crippen molar-refractivity contribution in [3.05, 3.63) is 71.6 Å². The maximum absolute atomic E-state index is 13.8. The monoisotopic (exact) mass is 818 g/mol. The molecule has 2 aliphatic heterocycles. The number of methoxy groups -OCH3 is 2. The summed E-state index contributed by atoms with van der Waals surface area (Å²) in [4.78, 5) is 72.1. The predicted molar refractivity (Wildman–Crippen MR) is 227 cm³/mol. The van der Waals surface area contributed by atoms with Crippen LogP contribution in [-0.2, 0) is 19.1 Å². The summed E-state index contributed by atoms with van der Waals surface area (Å²) in [6, 6.07) is 11.4. The van der Waals surface area contributed by atoms with Crippen molar-refractivity contribution in [2.24, 2.45) is 11.8 Å². The Bertz CT molecular complexity index is 2220. The van der Waals surface area contributed by atoms with Crippen LogP contribution < -0.4 is 10.6 Å². The molecule has 4 N–H and O–H groups in total. The van der Waals surface area contributed by atoms with Crippen LogP contribution in [-0.4, -0.2) is 93.1 Å². The Balaban J connectivity index is 1.03. The van der Waals surface area contributed by atoms with Gasteiger partial charge in [0.05, 0.1) is 50.1 Å². The molecule has 0 radical (unpaired) electrons. The average molecular weight is 819 g/mol. The maximum atomic E-state index is 13.8. The van der Waals surface area contributed by atoms with Crippen LogP contribution in [0.15, 0.2) is 48.8 Å². The van der Waals surface area contributed by atoms with Gasteiger partial charge in [0, 0.05) is 18.7 Å². The van der Waals surface area contributed by atoms with Crippen LogP contribution in [0.3, 0.4) is 0 Å². The van der Waals surface area contributed by atoms with E-state index in [1.54, 1.807) is 0 Å². The quantitative estimate of drug-likeness (QED) is 0.118. The van der Waals surface area contributed by atoms with E-state index >= 15 is 0 Å². The molecule has 2 bridgehead atoms. The van der Waals surface area contributed by atoms with Crippen molar-refractivity contribution < 1.29 is 28.7 Å². The Labute approximate surface area is 351 Å². The molecular formula is C46H58N8O6. The predicted octanol–water partition coefficient (Wildman–Crippen LogP) is 7.98. The molecule has 3 aliphatic carbocycles. The Hall–Kier alpha value is -5.66.